The van der Waals surface area contributed by atoms with Crippen molar-refractivity contribution in [3.05, 3.63) is 71.9 Å². The molecule has 0 amide bonds. The molecule has 4 rings (SSSR count). The summed E-state index contributed by atoms with van der Waals surface area (Å²) in [7, 11) is 0. The van der Waals surface area contributed by atoms with E-state index >= 15 is 0 Å². The lowest BCUT2D eigenvalue weighted by Gasteiger charge is -2.13. The van der Waals surface area contributed by atoms with Gasteiger partial charge in [-0.1, -0.05) is 12.1 Å². The van der Waals surface area contributed by atoms with Gasteiger partial charge in [-0.15, -0.1) is 0 Å². The first-order valence-electron chi connectivity index (χ1n) is 9.36. The second-order valence-corrected chi connectivity index (χ2v) is 6.78. The number of anilines is 2. The minimum atomic E-state index is -4.49. The number of benzene rings is 2. The summed E-state index contributed by atoms with van der Waals surface area (Å²) in [6.45, 7) is -1.20. The quantitative estimate of drug-likeness (QED) is 0.408. The molecule has 2 heterocycles. The molecule has 0 bridgehead atoms. The molecule has 2 N–H and O–H groups in total. The highest BCUT2D eigenvalue weighted by Crippen LogP contribution is 2.25. The van der Waals surface area contributed by atoms with E-state index in [1.165, 1.54) is 48.7 Å². The topological polar surface area (TPSA) is 75.6 Å². The first kappa shape index (κ1) is 21.3. The summed E-state index contributed by atoms with van der Waals surface area (Å²) in [6.07, 6.45) is -3.11. The molecule has 0 aliphatic carbocycles. The number of halogens is 5. The van der Waals surface area contributed by atoms with Crippen LogP contribution in [0.15, 0.2) is 54.7 Å². The largest absolute Gasteiger partial charge is 0.405 e. The zero-order valence-electron chi connectivity index (χ0n) is 16.3. The van der Waals surface area contributed by atoms with Gasteiger partial charge >= 0.3 is 6.18 Å². The van der Waals surface area contributed by atoms with Crippen molar-refractivity contribution in [2.24, 2.45) is 0 Å². The lowest BCUT2D eigenvalue weighted by molar-refractivity contribution is -0.115. The molecule has 4 aromatic rings. The third-order valence-electron chi connectivity index (χ3n) is 4.34. The second kappa shape index (κ2) is 8.69. The van der Waals surface area contributed by atoms with Gasteiger partial charge in [0.05, 0.1) is 11.9 Å². The van der Waals surface area contributed by atoms with Crippen molar-refractivity contribution in [2.75, 3.05) is 17.2 Å². The highest BCUT2D eigenvalue weighted by atomic mass is 19.4. The highest BCUT2D eigenvalue weighted by molar-refractivity contribution is 5.85. The number of hydrogen-bond acceptors (Lipinski definition) is 6. The van der Waals surface area contributed by atoms with Gasteiger partial charge in [0.15, 0.2) is 17.0 Å². The third-order valence-corrected chi connectivity index (χ3v) is 4.34. The van der Waals surface area contributed by atoms with Crippen LogP contribution in [-0.4, -0.2) is 32.7 Å². The first-order chi connectivity index (χ1) is 15.3. The maximum Gasteiger partial charge on any atom is 0.405 e. The second-order valence-electron chi connectivity index (χ2n) is 6.78. The number of nitrogens with zero attached hydrogens (tertiary/aromatic N) is 4. The average molecular weight is 446 g/mol. The van der Waals surface area contributed by atoms with Crippen molar-refractivity contribution < 1.29 is 22.0 Å². The molecule has 2 aromatic carbocycles. The van der Waals surface area contributed by atoms with Gasteiger partial charge < -0.3 is 10.6 Å². The van der Waals surface area contributed by atoms with E-state index in [0.29, 0.717) is 16.8 Å². The molecule has 0 atom stereocenters. The van der Waals surface area contributed by atoms with Crippen LogP contribution in [0, 0.1) is 11.6 Å². The van der Waals surface area contributed by atoms with E-state index in [-0.39, 0.29) is 29.5 Å². The van der Waals surface area contributed by atoms with Crippen LogP contribution in [0.25, 0.3) is 22.4 Å². The first-order valence-corrected chi connectivity index (χ1v) is 9.36. The highest BCUT2D eigenvalue weighted by Gasteiger charge is 2.27. The van der Waals surface area contributed by atoms with Gasteiger partial charge in [-0.3, -0.25) is 0 Å². The minimum Gasteiger partial charge on any atom is -0.359 e. The van der Waals surface area contributed by atoms with Crippen LogP contribution in [0.4, 0.5) is 33.7 Å². The smallest absolute Gasteiger partial charge is 0.359 e. The molecule has 32 heavy (non-hydrogen) atoms. The number of hydrogen-bond donors (Lipinski definition) is 2. The zero-order valence-corrected chi connectivity index (χ0v) is 16.3. The summed E-state index contributed by atoms with van der Waals surface area (Å²) in [5.74, 6) is -1.04. The Morgan fingerprint density at radius 2 is 1.62 bits per heavy atom. The Morgan fingerprint density at radius 3 is 2.34 bits per heavy atom. The van der Waals surface area contributed by atoms with E-state index in [2.05, 4.69) is 30.6 Å². The van der Waals surface area contributed by atoms with Crippen molar-refractivity contribution in [1.29, 1.82) is 0 Å². The summed E-state index contributed by atoms with van der Waals surface area (Å²) in [4.78, 5) is 16.8. The van der Waals surface area contributed by atoms with Crippen LogP contribution < -0.4 is 10.6 Å². The molecular formula is C21H15F5N6. The standard InChI is InChI=1S/C21H15F5N6/c22-14-6-4-13(5-7-14)16-10-27-18-17(30-16)19(29-11-21(24,25)26)32-20(31-18)28-9-12-2-1-3-15(23)8-12/h1-8,10H,9,11H2,(H2,27,28,29,31,32). The fourth-order valence-electron chi connectivity index (χ4n) is 2.88. The number of alkyl halides is 3. The minimum absolute atomic E-state index is 0.00438. The molecule has 6 nitrogen and oxygen atoms in total. The molecule has 11 heteroatoms. The fourth-order valence-corrected chi connectivity index (χ4v) is 2.88. The number of rotatable bonds is 6. The van der Waals surface area contributed by atoms with Crippen molar-refractivity contribution >= 4 is 22.9 Å². The van der Waals surface area contributed by atoms with Crippen LogP contribution in [0.5, 0.6) is 0 Å². The molecule has 0 saturated carbocycles. The van der Waals surface area contributed by atoms with Gasteiger partial charge in [0.2, 0.25) is 5.95 Å². The average Bonchev–Trinajstić information content (AvgIpc) is 2.76. The van der Waals surface area contributed by atoms with E-state index in [1.807, 2.05) is 0 Å². The SMILES string of the molecule is Fc1ccc(-c2cnc3nc(NCc4cccc(F)c4)nc(NCC(F)(F)F)c3n2)cc1. The lowest BCUT2D eigenvalue weighted by atomic mass is 10.1. The predicted molar refractivity (Wildman–Crippen MR) is 109 cm³/mol. The Morgan fingerprint density at radius 1 is 0.844 bits per heavy atom. The van der Waals surface area contributed by atoms with E-state index in [0.717, 1.165) is 0 Å². The maximum atomic E-state index is 13.4. The third kappa shape index (κ3) is 5.23. The molecule has 0 spiro atoms. The molecule has 2 aromatic heterocycles. The van der Waals surface area contributed by atoms with Gasteiger partial charge in [-0.2, -0.15) is 23.1 Å². The van der Waals surface area contributed by atoms with Crippen LogP contribution >= 0.6 is 0 Å². The fraction of sp³-hybridized carbons (Fsp3) is 0.143. The van der Waals surface area contributed by atoms with Gasteiger partial charge in [0.1, 0.15) is 18.2 Å². The molecule has 0 fully saturated rings. The Bertz CT molecular complexity index is 1240. The summed E-state index contributed by atoms with van der Waals surface area (Å²) >= 11 is 0. The van der Waals surface area contributed by atoms with Crippen molar-refractivity contribution in [1.82, 2.24) is 19.9 Å². The normalized spacial score (nSPS) is 11.5. The summed E-state index contributed by atoms with van der Waals surface area (Å²) in [5, 5.41) is 5.08. The molecule has 164 valence electrons. The molecule has 0 saturated heterocycles. The van der Waals surface area contributed by atoms with Gasteiger partial charge in [-0.25, -0.2) is 18.7 Å². The Labute approximate surface area is 178 Å². The van der Waals surface area contributed by atoms with Crippen molar-refractivity contribution in [3.8, 4) is 11.3 Å². The van der Waals surface area contributed by atoms with Crippen molar-refractivity contribution in [2.45, 2.75) is 12.7 Å². The zero-order chi connectivity index (χ0) is 22.7. The predicted octanol–water partition coefficient (Wildman–Crippen LogP) is 4.95. The van der Waals surface area contributed by atoms with Crippen LogP contribution in [0.2, 0.25) is 0 Å². The van der Waals surface area contributed by atoms with Gasteiger partial charge in [-0.05, 0) is 42.0 Å². The monoisotopic (exact) mass is 446 g/mol. The molecular weight excluding hydrogens is 431 g/mol. The Balaban J connectivity index is 1.69. The number of fused-ring (bicyclic) bond motifs is 1. The van der Waals surface area contributed by atoms with Crippen molar-refractivity contribution in [3.63, 3.8) is 0 Å². The van der Waals surface area contributed by atoms with E-state index < -0.39 is 24.4 Å². The molecule has 0 radical (unpaired) electrons. The van der Waals surface area contributed by atoms with Gasteiger partial charge in [0, 0.05) is 12.1 Å². The van der Waals surface area contributed by atoms with Crippen LogP contribution in [-0.2, 0) is 6.54 Å². The van der Waals surface area contributed by atoms with Crippen LogP contribution in [0.3, 0.4) is 0 Å². The molecule has 0 aliphatic heterocycles. The Kier molecular flexibility index (Phi) is 5.80. The van der Waals surface area contributed by atoms with E-state index in [9.17, 15) is 22.0 Å². The summed E-state index contributed by atoms with van der Waals surface area (Å²) < 4.78 is 65.0. The lowest BCUT2D eigenvalue weighted by Crippen LogP contribution is -2.22. The molecule has 0 aliphatic rings. The van der Waals surface area contributed by atoms with E-state index in [4.69, 9.17) is 0 Å². The summed E-state index contributed by atoms with van der Waals surface area (Å²) in [5.41, 5.74) is 1.51. The van der Waals surface area contributed by atoms with Crippen LogP contribution in [0.1, 0.15) is 5.56 Å². The van der Waals surface area contributed by atoms with Gasteiger partial charge in [0.25, 0.3) is 0 Å². The molecule has 0 unspecified atom stereocenters. The number of nitrogens with one attached hydrogen (secondary N) is 2. The summed E-state index contributed by atoms with van der Waals surface area (Å²) in [6, 6.07) is 11.2. The number of aromatic nitrogens is 4. The Hall–Kier alpha value is -3.89. The van der Waals surface area contributed by atoms with E-state index in [1.54, 1.807) is 6.07 Å². The maximum absolute atomic E-state index is 13.4.